The number of hydrogen-bond donors (Lipinski definition) is 1. The van der Waals surface area contributed by atoms with Gasteiger partial charge in [-0.1, -0.05) is 97.9 Å². The summed E-state index contributed by atoms with van der Waals surface area (Å²) in [7, 11) is -4.11. The third-order valence-corrected chi connectivity index (χ3v) is 9.16. The molecule has 0 spiro atoms. The van der Waals surface area contributed by atoms with Gasteiger partial charge in [0, 0.05) is 19.0 Å². The van der Waals surface area contributed by atoms with Crippen LogP contribution in [0.15, 0.2) is 120 Å². The lowest BCUT2D eigenvalue weighted by Crippen LogP contribution is -2.54. The molecule has 0 saturated heterocycles. The van der Waals surface area contributed by atoms with Gasteiger partial charge in [0.15, 0.2) is 0 Å². The molecule has 0 saturated carbocycles. The molecule has 8 heteroatoms. The number of rotatable bonds is 13. The fourth-order valence-electron chi connectivity index (χ4n) is 4.81. The number of nitrogens with one attached hydrogen (secondary N) is 1. The van der Waals surface area contributed by atoms with Gasteiger partial charge in [-0.2, -0.15) is 0 Å². The van der Waals surface area contributed by atoms with Crippen LogP contribution in [0.1, 0.15) is 37.0 Å². The number of anilines is 1. The molecule has 0 radical (unpaired) electrons. The first kappa shape index (κ1) is 31.5. The molecule has 0 aromatic heterocycles. The second-order valence-electron chi connectivity index (χ2n) is 10.7. The van der Waals surface area contributed by atoms with Gasteiger partial charge in [-0.15, -0.1) is 0 Å². The summed E-state index contributed by atoms with van der Waals surface area (Å²) in [6, 6.07) is 33.1. The summed E-state index contributed by atoms with van der Waals surface area (Å²) in [4.78, 5) is 29.9. The molecule has 0 unspecified atom stereocenters. The van der Waals surface area contributed by atoms with Crippen molar-refractivity contribution in [3.05, 3.63) is 132 Å². The Morgan fingerprint density at radius 2 is 1.37 bits per heavy atom. The van der Waals surface area contributed by atoms with E-state index in [1.54, 1.807) is 36.4 Å². The summed E-state index contributed by atoms with van der Waals surface area (Å²) in [5.41, 5.74) is 2.96. The average Bonchev–Trinajstić information content (AvgIpc) is 3.02. The third kappa shape index (κ3) is 8.32. The molecule has 0 fully saturated rings. The van der Waals surface area contributed by atoms with Crippen molar-refractivity contribution in [2.75, 3.05) is 10.8 Å². The van der Waals surface area contributed by atoms with Crippen molar-refractivity contribution in [3.8, 4) is 0 Å². The molecule has 2 amide bonds. The normalized spacial score (nSPS) is 12.6. The van der Waals surface area contributed by atoms with Gasteiger partial charge < -0.3 is 10.2 Å². The zero-order valence-electron chi connectivity index (χ0n) is 24.9. The lowest BCUT2D eigenvalue weighted by Gasteiger charge is -2.34. The lowest BCUT2D eigenvalue weighted by molar-refractivity contribution is -0.140. The molecule has 0 heterocycles. The van der Waals surface area contributed by atoms with Crippen LogP contribution in [-0.4, -0.2) is 43.8 Å². The third-order valence-electron chi connectivity index (χ3n) is 7.37. The highest BCUT2D eigenvalue weighted by Gasteiger charge is 2.34. The summed E-state index contributed by atoms with van der Waals surface area (Å²) in [5.74, 6) is -0.763. The van der Waals surface area contributed by atoms with E-state index in [2.05, 4.69) is 5.32 Å². The SMILES string of the molecule is CC[C@@H](C)NC(=O)[C@@H](Cc1ccccc1)N(Cc1ccccc1)C(=O)CN(c1cccc(C)c1)S(=O)(=O)c1ccccc1. The van der Waals surface area contributed by atoms with Crippen LogP contribution in [0.25, 0.3) is 0 Å². The molecule has 43 heavy (non-hydrogen) atoms. The molecule has 224 valence electrons. The van der Waals surface area contributed by atoms with Crippen LogP contribution in [-0.2, 0) is 32.6 Å². The number of amides is 2. The minimum atomic E-state index is -4.11. The first-order valence-electron chi connectivity index (χ1n) is 14.5. The van der Waals surface area contributed by atoms with Gasteiger partial charge in [-0.25, -0.2) is 8.42 Å². The van der Waals surface area contributed by atoms with Crippen LogP contribution < -0.4 is 9.62 Å². The van der Waals surface area contributed by atoms with E-state index in [0.29, 0.717) is 5.69 Å². The van der Waals surface area contributed by atoms with Crippen molar-refractivity contribution in [1.29, 1.82) is 0 Å². The van der Waals surface area contributed by atoms with Crippen molar-refractivity contribution >= 4 is 27.5 Å². The molecule has 0 aliphatic rings. The Labute approximate surface area is 255 Å². The van der Waals surface area contributed by atoms with Crippen molar-refractivity contribution in [3.63, 3.8) is 0 Å². The minimum absolute atomic E-state index is 0.0780. The van der Waals surface area contributed by atoms with Crippen LogP contribution in [0, 0.1) is 6.92 Å². The Balaban J connectivity index is 1.79. The largest absolute Gasteiger partial charge is 0.352 e. The monoisotopic (exact) mass is 597 g/mol. The Bertz CT molecular complexity index is 1600. The maximum Gasteiger partial charge on any atom is 0.264 e. The summed E-state index contributed by atoms with van der Waals surface area (Å²) in [6.45, 7) is 5.44. The topological polar surface area (TPSA) is 86.8 Å². The second kappa shape index (κ2) is 14.6. The van der Waals surface area contributed by atoms with E-state index in [4.69, 9.17) is 0 Å². The fourth-order valence-corrected chi connectivity index (χ4v) is 6.23. The highest BCUT2D eigenvalue weighted by molar-refractivity contribution is 7.92. The van der Waals surface area contributed by atoms with Crippen LogP contribution in [0.3, 0.4) is 0 Å². The van der Waals surface area contributed by atoms with Gasteiger partial charge >= 0.3 is 0 Å². The Morgan fingerprint density at radius 3 is 1.95 bits per heavy atom. The predicted octanol–water partition coefficient (Wildman–Crippen LogP) is 5.75. The summed E-state index contributed by atoms with van der Waals surface area (Å²) in [5, 5.41) is 3.05. The second-order valence-corrected chi connectivity index (χ2v) is 12.6. The van der Waals surface area contributed by atoms with E-state index >= 15 is 0 Å². The maximum atomic E-state index is 14.4. The molecule has 7 nitrogen and oxygen atoms in total. The van der Waals surface area contributed by atoms with E-state index in [-0.39, 0.29) is 29.8 Å². The van der Waals surface area contributed by atoms with Crippen molar-refractivity contribution in [2.24, 2.45) is 0 Å². The van der Waals surface area contributed by atoms with Crippen molar-refractivity contribution in [2.45, 2.75) is 57.1 Å². The Hall–Kier alpha value is -4.43. The zero-order valence-corrected chi connectivity index (χ0v) is 25.7. The highest BCUT2D eigenvalue weighted by Crippen LogP contribution is 2.26. The molecule has 0 bridgehead atoms. The van der Waals surface area contributed by atoms with Gasteiger partial charge in [-0.3, -0.25) is 13.9 Å². The number of benzene rings is 4. The number of hydrogen-bond acceptors (Lipinski definition) is 4. The predicted molar refractivity (Wildman–Crippen MR) is 171 cm³/mol. The molecule has 4 rings (SSSR count). The molecule has 0 aliphatic carbocycles. The standard InChI is InChI=1S/C35H39N3O4S/c1-4-28(3)36-35(40)33(24-29-16-8-5-9-17-29)37(25-30-18-10-6-11-19-30)34(39)26-38(31-20-14-15-27(2)23-31)43(41,42)32-21-12-7-13-22-32/h5-23,28,33H,4,24-26H2,1-3H3,(H,36,40)/t28-,33-/m1/s1. The average molecular weight is 598 g/mol. The first-order valence-corrected chi connectivity index (χ1v) is 15.9. The molecule has 4 aromatic carbocycles. The lowest BCUT2D eigenvalue weighted by atomic mass is 10.0. The van der Waals surface area contributed by atoms with E-state index in [0.717, 1.165) is 27.4 Å². The number of carbonyl (C=O) groups excluding carboxylic acids is 2. The molecule has 4 aromatic rings. The van der Waals surface area contributed by atoms with Gasteiger partial charge in [0.1, 0.15) is 12.6 Å². The molecule has 1 N–H and O–H groups in total. The van der Waals surface area contributed by atoms with Gasteiger partial charge in [0.05, 0.1) is 10.6 Å². The molecule has 2 atom stereocenters. The summed E-state index contributed by atoms with van der Waals surface area (Å²) >= 11 is 0. The number of nitrogens with zero attached hydrogens (tertiary/aromatic N) is 2. The summed E-state index contributed by atoms with van der Waals surface area (Å²) in [6.07, 6.45) is 1.00. The quantitative estimate of drug-likeness (QED) is 0.213. The van der Waals surface area contributed by atoms with Crippen molar-refractivity contribution in [1.82, 2.24) is 10.2 Å². The number of sulfonamides is 1. The first-order chi connectivity index (χ1) is 20.7. The highest BCUT2D eigenvalue weighted by atomic mass is 32.2. The Morgan fingerprint density at radius 1 is 0.791 bits per heavy atom. The number of carbonyl (C=O) groups is 2. The van der Waals surface area contributed by atoms with Crippen LogP contribution in [0.4, 0.5) is 5.69 Å². The smallest absolute Gasteiger partial charge is 0.264 e. The van der Waals surface area contributed by atoms with E-state index < -0.39 is 28.5 Å². The zero-order chi connectivity index (χ0) is 30.8. The van der Waals surface area contributed by atoms with Gasteiger partial charge in [-0.05, 0) is 61.2 Å². The maximum absolute atomic E-state index is 14.4. The van der Waals surface area contributed by atoms with Gasteiger partial charge in [0.25, 0.3) is 10.0 Å². The van der Waals surface area contributed by atoms with Crippen LogP contribution in [0.2, 0.25) is 0 Å². The fraction of sp³-hybridized carbons (Fsp3) is 0.257. The minimum Gasteiger partial charge on any atom is -0.352 e. The molecule has 0 aliphatic heterocycles. The van der Waals surface area contributed by atoms with E-state index in [1.165, 1.54) is 17.0 Å². The number of aryl methyl sites for hydroxylation is 1. The van der Waals surface area contributed by atoms with E-state index in [1.807, 2.05) is 87.5 Å². The molecular weight excluding hydrogens is 558 g/mol. The van der Waals surface area contributed by atoms with Gasteiger partial charge in [0.2, 0.25) is 11.8 Å². The molecular formula is C35H39N3O4S. The van der Waals surface area contributed by atoms with E-state index in [9.17, 15) is 18.0 Å². The Kier molecular flexibility index (Phi) is 10.7. The van der Waals surface area contributed by atoms with Crippen molar-refractivity contribution < 1.29 is 18.0 Å². The van der Waals surface area contributed by atoms with Crippen LogP contribution >= 0.6 is 0 Å². The van der Waals surface area contributed by atoms with Crippen LogP contribution in [0.5, 0.6) is 0 Å². The summed E-state index contributed by atoms with van der Waals surface area (Å²) < 4.78 is 29.2.